The summed E-state index contributed by atoms with van der Waals surface area (Å²) >= 11 is 1.28. The summed E-state index contributed by atoms with van der Waals surface area (Å²) in [4.78, 5) is 16.9. The number of nitrogen functional groups attached to an aromatic ring is 1. The number of nitrogens with one attached hydrogen (secondary N) is 2. The highest BCUT2D eigenvalue weighted by Crippen LogP contribution is 2.28. The number of aliphatic hydroxyl groups is 1. The van der Waals surface area contributed by atoms with Crippen LogP contribution in [-0.2, 0) is 0 Å². The molecule has 0 radical (unpaired) electrons. The van der Waals surface area contributed by atoms with Crippen molar-refractivity contribution in [2.24, 2.45) is 11.8 Å². The maximum Gasteiger partial charge on any atom is 0.265 e. The Balaban J connectivity index is 1.98. The van der Waals surface area contributed by atoms with Gasteiger partial charge in [-0.3, -0.25) is 4.79 Å². The van der Waals surface area contributed by atoms with Crippen LogP contribution in [0, 0.1) is 11.8 Å². The Morgan fingerprint density at radius 2 is 2.29 bits per heavy atom. The number of nitrogens with zero attached hydrogens (tertiary/aromatic N) is 1. The molecule has 1 aliphatic carbocycles. The van der Waals surface area contributed by atoms with E-state index in [1.165, 1.54) is 11.3 Å². The van der Waals surface area contributed by atoms with Crippen molar-refractivity contribution < 1.29 is 9.90 Å². The summed E-state index contributed by atoms with van der Waals surface area (Å²) in [5.41, 5.74) is 5.84. The topological polar surface area (TPSA) is 100 Å². The van der Waals surface area contributed by atoms with Crippen LogP contribution >= 0.6 is 11.3 Å². The SMILES string of the molecule is CC(C)CNc1nc(N)c(C(=O)NC2CCCC2CO)s1. The highest BCUT2D eigenvalue weighted by molar-refractivity contribution is 7.18. The van der Waals surface area contributed by atoms with Crippen molar-refractivity contribution in [1.29, 1.82) is 0 Å². The maximum atomic E-state index is 12.3. The smallest absolute Gasteiger partial charge is 0.265 e. The van der Waals surface area contributed by atoms with Gasteiger partial charge in [-0.2, -0.15) is 0 Å². The van der Waals surface area contributed by atoms with Crippen LogP contribution in [0.3, 0.4) is 0 Å². The largest absolute Gasteiger partial charge is 0.396 e. The highest BCUT2D eigenvalue weighted by Gasteiger charge is 2.29. The number of amides is 1. The predicted octanol–water partition coefficient (Wildman–Crippen LogP) is 1.68. The van der Waals surface area contributed by atoms with Crippen LogP contribution in [-0.4, -0.2) is 35.2 Å². The van der Waals surface area contributed by atoms with Crippen LogP contribution < -0.4 is 16.4 Å². The van der Waals surface area contributed by atoms with Crippen molar-refractivity contribution in [1.82, 2.24) is 10.3 Å². The number of aromatic nitrogens is 1. The number of thiazole rings is 1. The zero-order chi connectivity index (χ0) is 15.4. The number of nitrogens with two attached hydrogens (primary N) is 1. The van der Waals surface area contributed by atoms with E-state index >= 15 is 0 Å². The molecule has 0 aliphatic heterocycles. The van der Waals surface area contributed by atoms with E-state index in [4.69, 9.17) is 5.73 Å². The Hall–Kier alpha value is -1.34. The first-order chi connectivity index (χ1) is 10.0. The zero-order valence-electron chi connectivity index (χ0n) is 12.6. The maximum absolute atomic E-state index is 12.3. The lowest BCUT2D eigenvalue weighted by Gasteiger charge is -2.18. The van der Waals surface area contributed by atoms with E-state index in [1.54, 1.807) is 0 Å². The van der Waals surface area contributed by atoms with Crippen molar-refractivity contribution in [2.75, 3.05) is 24.2 Å². The molecule has 21 heavy (non-hydrogen) atoms. The number of carbonyl (C=O) groups excluding carboxylic acids is 1. The fraction of sp³-hybridized carbons (Fsp3) is 0.714. The molecule has 6 nitrogen and oxygen atoms in total. The van der Waals surface area contributed by atoms with E-state index in [0.29, 0.717) is 15.9 Å². The van der Waals surface area contributed by atoms with Gasteiger partial charge < -0.3 is 21.5 Å². The van der Waals surface area contributed by atoms with Crippen LogP contribution in [0.2, 0.25) is 0 Å². The molecule has 2 unspecified atom stereocenters. The molecule has 1 aliphatic rings. The summed E-state index contributed by atoms with van der Waals surface area (Å²) in [5, 5.41) is 16.1. The summed E-state index contributed by atoms with van der Waals surface area (Å²) in [6.45, 7) is 5.12. The second kappa shape index (κ2) is 7.09. The molecule has 1 amide bonds. The first-order valence-corrected chi connectivity index (χ1v) is 8.24. The van der Waals surface area contributed by atoms with E-state index in [2.05, 4.69) is 29.5 Å². The molecule has 118 valence electrons. The Morgan fingerprint density at radius 1 is 1.52 bits per heavy atom. The van der Waals surface area contributed by atoms with Crippen LogP contribution in [0.25, 0.3) is 0 Å². The Labute approximate surface area is 129 Å². The van der Waals surface area contributed by atoms with Crippen molar-refractivity contribution in [3.63, 3.8) is 0 Å². The van der Waals surface area contributed by atoms with E-state index in [0.717, 1.165) is 25.8 Å². The molecule has 2 atom stereocenters. The monoisotopic (exact) mass is 312 g/mol. The molecule has 7 heteroatoms. The van der Waals surface area contributed by atoms with Crippen LogP contribution in [0.4, 0.5) is 10.9 Å². The van der Waals surface area contributed by atoms with Crippen LogP contribution in [0.1, 0.15) is 42.8 Å². The van der Waals surface area contributed by atoms with Gasteiger partial charge >= 0.3 is 0 Å². The average molecular weight is 312 g/mol. The van der Waals surface area contributed by atoms with Crippen molar-refractivity contribution >= 4 is 28.2 Å². The third-order valence-corrected chi connectivity index (χ3v) is 4.76. The van der Waals surface area contributed by atoms with E-state index < -0.39 is 0 Å². The lowest BCUT2D eigenvalue weighted by Crippen LogP contribution is -2.38. The summed E-state index contributed by atoms with van der Waals surface area (Å²) in [7, 11) is 0. The molecule has 0 saturated heterocycles. The molecule has 1 heterocycles. The fourth-order valence-corrected chi connectivity index (χ4v) is 3.34. The molecule has 2 rings (SSSR count). The Morgan fingerprint density at radius 3 is 2.95 bits per heavy atom. The second-order valence-corrected chi connectivity index (χ2v) is 6.96. The molecule has 1 saturated carbocycles. The Bertz CT molecular complexity index is 489. The third-order valence-electron chi connectivity index (χ3n) is 3.73. The van der Waals surface area contributed by atoms with Gasteiger partial charge in [-0.05, 0) is 18.8 Å². The minimum atomic E-state index is -0.187. The van der Waals surface area contributed by atoms with Gasteiger partial charge in [0.1, 0.15) is 10.7 Å². The van der Waals surface area contributed by atoms with E-state index in [-0.39, 0.29) is 30.3 Å². The van der Waals surface area contributed by atoms with Crippen molar-refractivity contribution in [2.45, 2.75) is 39.2 Å². The van der Waals surface area contributed by atoms with Gasteiger partial charge in [-0.1, -0.05) is 31.6 Å². The molecule has 1 aromatic heterocycles. The summed E-state index contributed by atoms with van der Waals surface area (Å²) in [6, 6.07) is 0.0380. The molecule has 0 aromatic carbocycles. The molecule has 1 fully saturated rings. The van der Waals surface area contributed by atoms with Gasteiger partial charge in [0.2, 0.25) is 0 Å². The number of rotatable bonds is 6. The van der Waals surface area contributed by atoms with Crippen molar-refractivity contribution in [3.8, 4) is 0 Å². The highest BCUT2D eigenvalue weighted by atomic mass is 32.1. The van der Waals surface area contributed by atoms with E-state index in [9.17, 15) is 9.90 Å². The molecule has 5 N–H and O–H groups in total. The summed E-state index contributed by atoms with van der Waals surface area (Å²) in [5.74, 6) is 0.730. The standard InChI is InChI=1S/C14H24N4O2S/c1-8(2)6-16-14-18-12(15)11(21-14)13(20)17-10-5-3-4-9(10)7-19/h8-10,19H,3-7,15H2,1-2H3,(H,16,18)(H,17,20). The second-order valence-electron chi connectivity index (χ2n) is 5.96. The molecule has 0 spiro atoms. The van der Waals surface area contributed by atoms with Gasteiger partial charge in [0.15, 0.2) is 5.13 Å². The summed E-state index contributed by atoms with van der Waals surface area (Å²) < 4.78 is 0. The number of carbonyl (C=O) groups is 1. The van der Waals surface area contributed by atoms with E-state index in [1.807, 2.05) is 0 Å². The van der Waals surface area contributed by atoms with Gasteiger partial charge in [0.05, 0.1) is 0 Å². The average Bonchev–Trinajstić information content (AvgIpc) is 3.02. The number of anilines is 2. The normalized spacial score (nSPS) is 21.7. The van der Waals surface area contributed by atoms with Gasteiger partial charge in [-0.25, -0.2) is 4.98 Å². The molecular formula is C14H24N4O2S. The lowest BCUT2D eigenvalue weighted by atomic mass is 10.1. The quantitative estimate of drug-likeness (QED) is 0.640. The molecule has 1 aromatic rings. The minimum Gasteiger partial charge on any atom is -0.396 e. The van der Waals surface area contributed by atoms with Gasteiger partial charge in [0.25, 0.3) is 5.91 Å². The Kier molecular flexibility index (Phi) is 5.41. The van der Waals surface area contributed by atoms with Crippen LogP contribution in [0.5, 0.6) is 0 Å². The first-order valence-electron chi connectivity index (χ1n) is 7.43. The minimum absolute atomic E-state index is 0.0380. The summed E-state index contributed by atoms with van der Waals surface area (Å²) in [6.07, 6.45) is 2.91. The third kappa shape index (κ3) is 4.07. The van der Waals surface area contributed by atoms with Crippen molar-refractivity contribution in [3.05, 3.63) is 4.88 Å². The lowest BCUT2D eigenvalue weighted by molar-refractivity contribution is 0.0921. The molecular weight excluding hydrogens is 288 g/mol. The number of aliphatic hydroxyl groups excluding tert-OH is 1. The fourth-order valence-electron chi connectivity index (χ4n) is 2.54. The molecule has 0 bridgehead atoms. The predicted molar refractivity (Wildman–Crippen MR) is 85.5 cm³/mol. The number of hydrogen-bond acceptors (Lipinski definition) is 6. The number of hydrogen-bond donors (Lipinski definition) is 4. The first kappa shape index (κ1) is 16.0. The van der Waals surface area contributed by atoms with Crippen LogP contribution in [0.15, 0.2) is 0 Å². The van der Waals surface area contributed by atoms with Gasteiger partial charge in [-0.15, -0.1) is 0 Å². The van der Waals surface area contributed by atoms with Gasteiger partial charge in [0, 0.05) is 25.1 Å². The zero-order valence-corrected chi connectivity index (χ0v) is 13.4.